The second-order valence-corrected chi connectivity index (χ2v) is 35.2. The number of hydrogen-bond donors (Lipinski definition) is 23. The summed E-state index contributed by atoms with van der Waals surface area (Å²) >= 11 is 5.67. The van der Waals surface area contributed by atoms with E-state index in [1.54, 1.807) is 66.9 Å². The minimum atomic E-state index is -1.98. The van der Waals surface area contributed by atoms with Crippen molar-refractivity contribution in [3.05, 3.63) is 172 Å². The van der Waals surface area contributed by atoms with Gasteiger partial charge in [0.1, 0.15) is 71.2 Å². The number of carbonyl (C=O) groups is 15. The molecule has 9 amide bonds. The molecule has 0 spiro atoms. The number of benzene rings is 6. The lowest BCUT2D eigenvalue weighted by Crippen LogP contribution is -2.62. The van der Waals surface area contributed by atoms with Crippen molar-refractivity contribution in [2.75, 3.05) is 88.8 Å². The number of aliphatic carboxylic acids is 5. The number of anilines is 1. The van der Waals surface area contributed by atoms with E-state index in [0.29, 0.717) is 50.5 Å². The van der Waals surface area contributed by atoms with E-state index in [0.717, 1.165) is 45.2 Å². The fourth-order valence-corrected chi connectivity index (χ4v) is 17.5. The Labute approximate surface area is 790 Å². The number of carbonyl (C=O) groups excluding carboxylic acids is 9. The zero-order chi connectivity index (χ0) is 99.0. The first-order chi connectivity index (χ1) is 64.8. The van der Waals surface area contributed by atoms with Crippen LogP contribution in [0.4, 0.5) is 5.69 Å². The highest BCUT2D eigenvalue weighted by Gasteiger charge is 2.39. The number of nitrogens with one attached hydrogen (secondary N) is 12. The van der Waals surface area contributed by atoms with Crippen molar-refractivity contribution in [3.8, 4) is 33.9 Å². The second-order valence-electron chi connectivity index (χ2n) is 32.3. The lowest BCUT2D eigenvalue weighted by atomic mass is 9.90. The van der Waals surface area contributed by atoms with Crippen LogP contribution in [0.1, 0.15) is 79.4 Å². The van der Waals surface area contributed by atoms with Gasteiger partial charge in [-0.1, -0.05) is 88.3 Å². The van der Waals surface area contributed by atoms with Gasteiger partial charge in [-0.15, -0.1) is 0 Å². The average Bonchev–Trinajstić information content (AvgIpc) is 0.928. The molecule has 728 valence electrons. The van der Waals surface area contributed by atoms with Gasteiger partial charge in [-0.25, -0.2) is 9.59 Å². The lowest BCUT2D eigenvalue weighted by Gasteiger charge is -2.29. The summed E-state index contributed by atoms with van der Waals surface area (Å²) in [7, 11) is 1.49. The number of nitrogens with zero attached hydrogens (tertiary/aromatic N) is 3. The van der Waals surface area contributed by atoms with Crippen molar-refractivity contribution in [2.45, 2.75) is 138 Å². The number of phenolic OH excluding ortho intramolecular Hbond substituents is 2. The van der Waals surface area contributed by atoms with Crippen molar-refractivity contribution in [3.63, 3.8) is 0 Å². The summed E-state index contributed by atoms with van der Waals surface area (Å²) in [5, 5.41) is 132. The molecular weight excluding hydrogens is 1830 g/mol. The molecule has 9 rings (SSSR count). The van der Waals surface area contributed by atoms with Gasteiger partial charge in [0.05, 0.1) is 50.5 Å². The average molecular weight is 1940 g/mol. The molecule has 6 aromatic rings. The normalized spacial score (nSPS) is 17.6. The van der Waals surface area contributed by atoms with E-state index in [1.165, 1.54) is 77.7 Å². The smallest absolute Gasteiger partial charge is 0.336 e. The van der Waals surface area contributed by atoms with E-state index in [4.69, 9.17) is 22.4 Å². The van der Waals surface area contributed by atoms with Crippen LogP contribution in [0.15, 0.2) is 149 Å². The van der Waals surface area contributed by atoms with Crippen LogP contribution in [0, 0.1) is 0 Å². The number of carboxylic acids is 6. The summed E-state index contributed by atoms with van der Waals surface area (Å²) in [5.41, 5.74) is 8.36. The molecule has 1 aliphatic carbocycles. The van der Waals surface area contributed by atoms with Gasteiger partial charge >= 0.3 is 35.8 Å². The summed E-state index contributed by atoms with van der Waals surface area (Å²) in [5.74, 6) is -19.9. The summed E-state index contributed by atoms with van der Waals surface area (Å²) in [6.07, 6.45) is -2.76. The minimum absolute atomic E-state index is 0.0207. The number of rotatable bonds is 44. The number of aliphatic hydroxyl groups is 2. The number of aliphatic hydroxyl groups excluding tert-OH is 2. The maximum absolute atomic E-state index is 15.7. The maximum atomic E-state index is 15.7. The number of aromatic carboxylic acids is 1. The molecule has 1 aromatic heterocycles. The first-order valence-electron chi connectivity index (χ1n) is 43.1. The van der Waals surface area contributed by atoms with E-state index in [2.05, 4.69) is 63.5 Å². The third-order valence-corrected chi connectivity index (χ3v) is 24.4. The summed E-state index contributed by atoms with van der Waals surface area (Å²) in [6.45, 7) is -2.76. The second kappa shape index (κ2) is 51.6. The standard InChI is InChI=1S/C90H108N16O27S3/c1-48(107)78-87(128)101-69(86(127)103-79(49(2)108)89(131)132)47-136-135-46-68(85(126)98-66(35-51-18-21-54(109)22-19-51)82(123)99-67(36-52-40-93-62-15-7-6-14-57(52)62)84(125)96-64(81(122)102-78)16-8-10-28-91)100-83(124)65(34-50-12-4-3-5-13-50)97-80(121)63(95-72(112)41-105(43-74(115)116)32-30-104(42-73(113)114)31-33-106(44-75(117)118)45-76(119)120)17-9-11-29-92-90(134)94-53-20-25-58(61(37-53)88(129)130)77-59-26-23-55(110)38-70(59)133-71-39-56(111)24-27-60(71)77/h3-7,12-15,18-27,37-40,48-49,63-69,78-79,93,107-110H,8-11,16-17,28-36,41-47,91H2,1-2H3,(H,95,112)(H,96,125)(H,97,121)(H,98,126)(H,99,123)(H,100,124)(H,101,128)(H,102,122)(H,103,127)(H,113,114)(H,115,116)(H,117,118)(H,119,120)(H,129,130)(H,131,132)(H2,92,94,134)/t48-,49-,63+,64+,65-,66+,67-,68+,69+,78-,79+/m1/s1. The highest BCUT2D eigenvalue weighted by molar-refractivity contribution is 8.76. The number of hydrogen-bond acceptors (Lipinski definition) is 28. The summed E-state index contributed by atoms with van der Waals surface area (Å²) < 4.78 is 5.97. The van der Waals surface area contributed by atoms with Crippen LogP contribution < -0.4 is 69.6 Å². The first kappa shape index (κ1) is 106. The molecule has 11 atom stereocenters. The van der Waals surface area contributed by atoms with Gasteiger partial charge in [0.25, 0.3) is 0 Å². The van der Waals surface area contributed by atoms with E-state index < -0.39 is 212 Å². The van der Waals surface area contributed by atoms with Crippen LogP contribution in [-0.4, -0.2) is 315 Å². The molecule has 1 saturated heterocycles. The fourth-order valence-electron chi connectivity index (χ4n) is 14.9. The van der Waals surface area contributed by atoms with E-state index in [1.807, 2.05) is 0 Å². The molecule has 24 N–H and O–H groups in total. The Bertz CT molecular complexity index is 5640. The quantitative estimate of drug-likeness (QED) is 0.0106. The fraction of sp³-hybridized carbons (Fsp3) is 0.389. The number of H-pyrrole nitrogens is 1. The topological polar surface area (TPSA) is 672 Å². The predicted molar refractivity (Wildman–Crippen MR) is 501 cm³/mol. The first-order valence-corrected chi connectivity index (χ1v) is 46.0. The Kier molecular flexibility index (Phi) is 40.1. The molecule has 0 bridgehead atoms. The van der Waals surface area contributed by atoms with Gasteiger partial charge in [0, 0.05) is 115 Å². The Hall–Kier alpha value is -13.9. The number of aromatic hydroxyl groups is 2. The molecule has 0 saturated carbocycles. The molecule has 0 radical (unpaired) electrons. The van der Waals surface area contributed by atoms with Crippen LogP contribution in [0.25, 0.3) is 44.3 Å². The molecule has 43 nitrogen and oxygen atoms in total. The Balaban J connectivity index is 1.05. The molecule has 5 aromatic carbocycles. The van der Waals surface area contributed by atoms with Gasteiger partial charge in [-0.3, -0.25) is 81.8 Å². The van der Waals surface area contributed by atoms with Gasteiger partial charge in [-0.2, -0.15) is 0 Å². The SMILES string of the molecule is C[C@@H](O)[C@H](NC(=O)[C@@H]1CSSC[C@H](NC(=O)[C@@H](Cc2ccccc2)NC(=O)[C@H](CCCCNC(=S)Nc2ccc(-c3c4ccc(=O)cc-4oc4cc(O)ccc34)c(C(=O)O)c2)NC(=O)CN(CCN(CCN(CC(=O)O)CC(=O)O)CC(=O)O)CC(=O)O)C(=O)N[C@@H](Cc2ccc(O)cc2)C(=O)N[C@H](Cc2c[nH]c3ccccc23)C(=O)N[C@@H](CCCCN)C(=O)N[C@H]([C@@H](C)O)C(=O)N1)C(=O)O. The molecule has 1 fully saturated rings. The number of aromatic amines is 1. The third kappa shape index (κ3) is 32.5. The molecule has 3 heterocycles. The zero-order valence-corrected chi connectivity index (χ0v) is 76.2. The molecule has 46 heteroatoms. The minimum Gasteiger partial charge on any atom is -0.508 e. The number of aromatic nitrogens is 1. The third-order valence-electron chi connectivity index (χ3n) is 21.7. The van der Waals surface area contributed by atoms with Crippen molar-refractivity contribution >= 4 is 155 Å². The van der Waals surface area contributed by atoms with Crippen LogP contribution in [-0.2, 0) is 86.4 Å². The van der Waals surface area contributed by atoms with Gasteiger partial charge < -0.3 is 125 Å². The number of unbranched alkanes of at least 4 members (excludes halogenated alkanes) is 2. The predicted octanol–water partition coefficient (Wildman–Crippen LogP) is 0.318. The number of fused-ring (bicyclic) bond motifs is 3. The Morgan fingerprint density at radius 1 is 0.559 bits per heavy atom. The van der Waals surface area contributed by atoms with Crippen molar-refractivity contribution < 1.29 is 127 Å². The monoisotopic (exact) mass is 1940 g/mol. The highest BCUT2D eigenvalue weighted by atomic mass is 33.1. The van der Waals surface area contributed by atoms with Crippen molar-refractivity contribution in [1.29, 1.82) is 0 Å². The van der Waals surface area contributed by atoms with Crippen LogP contribution in [0.2, 0.25) is 0 Å². The van der Waals surface area contributed by atoms with Crippen LogP contribution >= 0.6 is 33.8 Å². The molecule has 2 aliphatic heterocycles. The van der Waals surface area contributed by atoms with E-state index in [9.17, 15) is 104 Å². The van der Waals surface area contributed by atoms with Crippen molar-refractivity contribution in [1.82, 2.24) is 72.9 Å². The molecule has 0 unspecified atom stereocenters. The number of para-hydroxylation sites is 1. The van der Waals surface area contributed by atoms with E-state index in [-0.39, 0.29) is 129 Å². The maximum Gasteiger partial charge on any atom is 0.336 e. The summed E-state index contributed by atoms with van der Waals surface area (Å²) in [6, 6.07) is 17.2. The Morgan fingerprint density at radius 3 is 1.81 bits per heavy atom. The molecular formula is C90H108N16O27S3. The van der Waals surface area contributed by atoms with Gasteiger partial charge in [0.15, 0.2) is 16.6 Å². The number of carboxylic acid groups (broad SMARTS) is 6. The number of nitrogens with two attached hydrogens (primary N) is 1. The summed E-state index contributed by atoms with van der Waals surface area (Å²) in [4.78, 5) is 228. The van der Waals surface area contributed by atoms with E-state index >= 15 is 24.0 Å². The zero-order valence-electron chi connectivity index (χ0n) is 73.7. The molecule has 136 heavy (non-hydrogen) atoms. The number of phenols is 2. The van der Waals surface area contributed by atoms with Crippen LogP contribution in [0.5, 0.6) is 11.5 Å². The number of amides is 9. The highest BCUT2D eigenvalue weighted by Crippen LogP contribution is 2.43. The van der Waals surface area contributed by atoms with Gasteiger partial charge in [-0.05, 0) is 148 Å². The Morgan fingerprint density at radius 2 is 1.16 bits per heavy atom. The lowest BCUT2D eigenvalue weighted by molar-refractivity contribution is -0.145. The largest absolute Gasteiger partial charge is 0.508 e. The molecule has 3 aliphatic rings. The van der Waals surface area contributed by atoms with Crippen LogP contribution in [0.3, 0.4) is 0 Å². The number of thiocarbonyl (C=S) groups is 1. The van der Waals surface area contributed by atoms with Crippen molar-refractivity contribution in [2.24, 2.45) is 5.73 Å². The van der Waals surface area contributed by atoms with Gasteiger partial charge in [0.2, 0.25) is 53.2 Å².